The topological polar surface area (TPSA) is 63.6 Å². The number of fused-ring (bicyclic) bond motifs is 1. The number of aliphatic hydroxyl groups excluding tert-OH is 1. The fraction of sp³-hybridized carbons (Fsp3) is 0.379. The van der Waals surface area contributed by atoms with Crippen molar-refractivity contribution in [1.29, 1.82) is 0 Å². The Hall–Kier alpha value is -2.63. The number of aliphatic hydroxyl groups is 1. The lowest BCUT2D eigenvalue weighted by Gasteiger charge is -2.39. The molecule has 0 saturated heterocycles. The second kappa shape index (κ2) is 9.93. The van der Waals surface area contributed by atoms with E-state index in [0.29, 0.717) is 29.1 Å². The third-order valence-electron chi connectivity index (χ3n) is 7.39. The quantitative estimate of drug-likeness (QED) is 0.437. The highest BCUT2D eigenvalue weighted by Gasteiger charge is 2.49. The molecular formula is C29H34O4S. The third-order valence-corrected chi connectivity index (χ3v) is 9.39. The molecule has 4 nitrogen and oxygen atoms in total. The van der Waals surface area contributed by atoms with Gasteiger partial charge in [0.2, 0.25) is 0 Å². The lowest BCUT2D eigenvalue weighted by atomic mass is 9.69. The number of methoxy groups -OCH3 is 1. The van der Waals surface area contributed by atoms with Crippen LogP contribution in [0.3, 0.4) is 0 Å². The molecule has 0 unspecified atom stereocenters. The molecule has 0 amide bonds. The normalized spacial score (nSPS) is 23.6. The first-order chi connectivity index (χ1) is 16.3. The van der Waals surface area contributed by atoms with Crippen molar-refractivity contribution in [3.63, 3.8) is 0 Å². The average molecular weight is 479 g/mol. The molecule has 34 heavy (non-hydrogen) atoms. The Morgan fingerprint density at radius 3 is 2.41 bits per heavy atom. The first-order valence-corrected chi connectivity index (χ1v) is 13.7. The fourth-order valence-electron chi connectivity index (χ4n) is 5.38. The average Bonchev–Trinajstić information content (AvgIpc) is 2.93. The van der Waals surface area contributed by atoms with E-state index in [1.807, 2.05) is 73.7 Å². The molecule has 3 atom stereocenters. The van der Waals surface area contributed by atoms with Gasteiger partial charge in [-0.2, -0.15) is 0 Å². The molecule has 3 aromatic rings. The van der Waals surface area contributed by atoms with Crippen LogP contribution in [0.2, 0.25) is 0 Å². The largest absolute Gasteiger partial charge is 0.497 e. The molecule has 3 aromatic carbocycles. The van der Waals surface area contributed by atoms with Gasteiger partial charge in [0, 0.05) is 11.3 Å². The number of rotatable bonds is 7. The van der Waals surface area contributed by atoms with Gasteiger partial charge in [-0.25, -0.2) is 8.42 Å². The summed E-state index contributed by atoms with van der Waals surface area (Å²) in [6.07, 6.45) is 2.23. The predicted molar refractivity (Wildman–Crippen MR) is 137 cm³/mol. The zero-order valence-electron chi connectivity index (χ0n) is 20.2. The highest BCUT2D eigenvalue weighted by molar-refractivity contribution is 7.91. The van der Waals surface area contributed by atoms with Crippen molar-refractivity contribution < 1.29 is 18.3 Å². The van der Waals surface area contributed by atoms with Crippen LogP contribution in [0.15, 0.2) is 77.7 Å². The van der Waals surface area contributed by atoms with Gasteiger partial charge >= 0.3 is 0 Å². The molecule has 0 bridgehead atoms. The zero-order chi connectivity index (χ0) is 24.3. The van der Waals surface area contributed by atoms with Crippen molar-refractivity contribution in [2.24, 2.45) is 5.41 Å². The highest BCUT2D eigenvalue weighted by Crippen LogP contribution is 2.49. The van der Waals surface area contributed by atoms with Crippen molar-refractivity contribution >= 4 is 9.84 Å². The molecule has 1 aliphatic heterocycles. The Bertz CT molecular complexity index is 1240. The molecule has 4 rings (SSSR count). The van der Waals surface area contributed by atoms with E-state index in [1.165, 1.54) is 0 Å². The monoisotopic (exact) mass is 478 g/mol. The summed E-state index contributed by atoms with van der Waals surface area (Å²) < 4.78 is 33.1. The van der Waals surface area contributed by atoms with E-state index in [4.69, 9.17) is 4.74 Å². The van der Waals surface area contributed by atoms with Crippen LogP contribution in [-0.2, 0) is 9.84 Å². The van der Waals surface area contributed by atoms with E-state index >= 15 is 0 Å². The van der Waals surface area contributed by atoms with Crippen LogP contribution < -0.4 is 4.74 Å². The van der Waals surface area contributed by atoms with Crippen molar-refractivity contribution in [3.8, 4) is 16.9 Å². The summed E-state index contributed by atoms with van der Waals surface area (Å²) in [6.45, 7) is 4.10. The molecular weight excluding hydrogens is 444 g/mol. The number of hydrogen-bond donors (Lipinski definition) is 1. The second-order valence-electron chi connectivity index (χ2n) is 9.40. The van der Waals surface area contributed by atoms with Crippen molar-refractivity contribution in [3.05, 3.63) is 83.9 Å². The van der Waals surface area contributed by atoms with Crippen LogP contribution in [0.1, 0.15) is 56.6 Å². The molecule has 0 aromatic heterocycles. The van der Waals surface area contributed by atoms with Crippen LogP contribution in [-0.4, -0.2) is 32.5 Å². The van der Waals surface area contributed by atoms with Gasteiger partial charge in [0.15, 0.2) is 9.84 Å². The molecule has 0 spiro atoms. The van der Waals surface area contributed by atoms with Gasteiger partial charge in [-0.1, -0.05) is 75.2 Å². The van der Waals surface area contributed by atoms with E-state index in [0.717, 1.165) is 29.5 Å². The Labute approximate surface area is 203 Å². The SMILES string of the molecule is CCCC[C@]1(CC)CS(=O)(=O)c2ccc(-c3ccccc3)cc2[C@@H](c2cccc(OC)c2)[C@H]1O. The summed E-state index contributed by atoms with van der Waals surface area (Å²) in [4.78, 5) is 0.325. The maximum absolute atomic E-state index is 13.8. The minimum atomic E-state index is -3.61. The lowest BCUT2D eigenvalue weighted by Crippen LogP contribution is -2.42. The smallest absolute Gasteiger partial charge is 0.179 e. The summed E-state index contributed by atoms with van der Waals surface area (Å²) in [5, 5.41) is 12.0. The molecule has 180 valence electrons. The Balaban J connectivity index is 1.99. The molecule has 1 heterocycles. The minimum Gasteiger partial charge on any atom is -0.497 e. The van der Waals surface area contributed by atoms with E-state index in [2.05, 4.69) is 6.92 Å². The van der Waals surface area contributed by atoms with Crippen LogP contribution in [0.5, 0.6) is 5.75 Å². The summed E-state index contributed by atoms with van der Waals surface area (Å²) in [5.41, 5.74) is 2.75. The summed E-state index contributed by atoms with van der Waals surface area (Å²) in [6, 6.07) is 23.2. The molecule has 5 heteroatoms. The first kappa shape index (κ1) is 24.5. The number of benzene rings is 3. The molecule has 1 N–H and O–H groups in total. The van der Waals surface area contributed by atoms with Gasteiger partial charge in [-0.05, 0) is 59.4 Å². The summed E-state index contributed by atoms with van der Waals surface area (Å²) >= 11 is 0. The predicted octanol–water partition coefficient (Wildman–Crippen LogP) is 6.23. The Morgan fingerprint density at radius 1 is 0.971 bits per heavy atom. The number of sulfone groups is 1. The Morgan fingerprint density at radius 2 is 1.74 bits per heavy atom. The molecule has 0 aliphatic carbocycles. The van der Waals surface area contributed by atoms with Crippen LogP contribution in [0.4, 0.5) is 0 Å². The van der Waals surface area contributed by atoms with Gasteiger partial charge in [-0.3, -0.25) is 0 Å². The molecule has 0 saturated carbocycles. The minimum absolute atomic E-state index is 0.0458. The van der Waals surface area contributed by atoms with Crippen LogP contribution >= 0.6 is 0 Å². The number of unbranched alkanes of at least 4 members (excludes halogenated alkanes) is 1. The number of hydrogen-bond acceptors (Lipinski definition) is 4. The second-order valence-corrected chi connectivity index (χ2v) is 11.4. The Kier molecular flexibility index (Phi) is 7.15. The number of ether oxygens (including phenoxy) is 1. The van der Waals surface area contributed by atoms with E-state index in [9.17, 15) is 13.5 Å². The van der Waals surface area contributed by atoms with Gasteiger partial charge in [0.1, 0.15) is 5.75 Å². The van der Waals surface area contributed by atoms with Crippen molar-refractivity contribution in [2.45, 2.75) is 56.4 Å². The first-order valence-electron chi connectivity index (χ1n) is 12.1. The zero-order valence-corrected chi connectivity index (χ0v) is 21.0. The van der Waals surface area contributed by atoms with Gasteiger partial charge in [0.25, 0.3) is 0 Å². The van der Waals surface area contributed by atoms with E-state index in [1.54, 1.807) is 13.2 Å². The maximum atomic E-state index is 13.8. The standard InChI is InChI=1S/C29H34O4S/c1-4-6-17-29(5-2)20-34(31,32)26-16-15-22(21-11-8-7-9-12-21)19-25(26)27(28(29)30)23-13-10-14-24(18-23)33-3/h7-16,18-19,27-28,30H,4-6,17,20H2,1-3H3/t27-,28-,29-/m1/s1. The van der Waals surface area contributed by atoms with E-state index < -0.39 is 27.3 Å². The molecule has 0 fully saturated rings. The molecule has 1 aliphatic rings. The molecule has 0 radical (unpaired) electrons. The highest BCUT2D eigenvalue weighted by atomic mass is 32.2. The van der Waals surface area contributed by atoms with Gasteiger partial charge < -0.3 is 9.84 Å². The third kappa shape index (κ3) is 4.51. The fourth-order valence-corrected chi connectivity index (χ4v) is 7.64. The summed E-state index contributed by atoms with van der Waals surface area (Å²) in [5.74, 6) is 0.159. The van der Waals surface area contributed by atoms with E-state index in [-0.39, 0.29) is 5.75 Å². The van der Waals surface area contributed by atoms with Crippen LogP contribution in [0.25, 0.3) is 11.1 Å². The van der Waals surface area contributed by atoms with Crippen molar-refractivity contribution in [1.82, 2.24) is 0 Å². The van der Waals surface area contributed by atoms with Gasteiger partial charge in [-0.15, -0.1) is 0 Å². The maximum Gasteiger partial charge on any atom is 0.179 e. The van der Waals surface area contributed by atoms with Crippen LogP contribution in [0, 0.1) is 5.41 Å². The van der Waals surface area contributed by atoms with Crippen molar-refractivity contribution in [2.75, 3.05) is 12.9 Å². The van der Waals surface area contributed by atoms with Gasteiger partial charge in [0.05, 0.1) is 23.9 Å². The lowest BCUT2D eigenvalue weighted by molar-refractivity contribution is 0.0174. The summed E-state index contributed by atoms with van der Waals surface area (Å²) in [7, 11) is -1.99.